The number of carbonyl (C=O) groups is 1. The summed E-state index contributed by atoms with van der Waals surface area (Å²) in [5.41, 5.74) is 8.65. The maximum atomic E-state index is 13.0. The molecule has 2 rings (SSSR count). The zero-order chi connectivity index (χ0) is 17.4. The summed E-state index contributed by atoms with van der Waals surface area (Å²) < 4.78 is 13.0. The van der Waals surface area contributed by atoms with Crippen LogP contribution < -0.4 is 11.1 Å². The molecule has 0 heterocycles. The van der Waals surface area contributed by atoms with Crippen molar-refractivity contribution in [3.63, 3.8) is 0 Å². The summed E-state index contributed by atoms with van der Waals surface area (Å²) in [6.45, 7) is 4.53. The Labute approximate surface area is 142 Å². The normalized spacial score (nSPS) is 10.8. The zero-order valence-electron chi connectivity index (χ0n) is 14.0. The van der Waals surface area contributed by atoms with Gasteiger partial charge in [0.15, 0.2) is 0 Å². The molecule has 128 valence electrons. The molecule has 0 fully saturated rings. The van der Waals surface area contributed by atoms with Gasteiger partial charge in [-0.05, 0) is 48.4 Å². The summed E-state index contributed by atoms with van der Waals surface area (Å²) in [6, 6.07) is 14.4. The van der Waals surface area contributed by atoms with Gasteiger partial charge in [-0.2, -0.15) is 0 Å². The van der Waals surface area contributed by atoms with Gasteiger partial charge in [-0.3, -0.25) is 9.69 Å². The Hall–Kier alpha value is -2.24. The standard InChI is InChI=1S/C19H24FN3O/c1-15(24)22-19-9-5-17(6-10-19)14-23(12-2-11-21)13-16-3-7-18(20)8-4-16/h3-10H,2,11-14,21H2,1H3,(H,22,24). The highest BCUT2D eigenvalue weighted by Gasteiger charge is 2.07. The summed E-state index contributed by atoms with van der Waals surface area (Å²) in [5.74, 6) is -0.301. The van der Waals surface area contributed by atoms with E-state index < -0.39 is 0 Å². The topological polar surface area (TPSA) is 58.4 Å². The Balaban J connectivity index is 2.01. The third-order valence-corrected chi connectivity index (χ3v) is 3.68. The van der Waals surface area contributed by atoms with Gasteiger partial charge < -0.3 is 11.1 Å². The Kier molecular flexibility index (Phi) is 6.90. The molecule has 0 bridgehead atoms. The van der Waals surface area contributed by atoms with Gasteiger partial charge in [0.1, 0.15) is 5.82 Å². The summed E-state index contributed by atoms with van der Waals surface area (Å²) in [6.07, 6.45) is 0.908. The van der Waals surface area contributed by atoms with E-state index in [2.05, 4.69) is 10.2 Å². The third-order valence-electron chi connectivity index (χ3n) is 3.68. The minimum Gasteiger partial charge on any atom is -0.330 e. The number of carbonyl (C=O) groups excluding carboxylic acids is 1. The third kappa shape index (κ3) is 6.10. The van der Waals surface area contributed by atoms with E-state index in [1.165, 1.54) is 19.1 Å². The molecule has 2 aromatic rings. The van der Waals surface area contributed by atoms with E-state index in [1.54, 1.807) is 0 Å². The fourth-order valence-corrected chi connectivity index (χ4v) is 2.53. The van der Waals surface area contributed by atoms with Crippen LogP contribution in [0.5, 0.6) is 0 Å². The van der Waals surface area contributed by atoms with Crippen LogP contribution in [-0.4, -0.2) is 23.9 Å². The predicted molar refractivity (Wildman–Crippen MR) is 94.9 cm³/mol. The second-order valence-corrected chi connectivity index (χ2v) is 5.86. The molecule has 0 saturated carbocycles. The second kappa shape index (κ2) is 9.15. The lowest BCUT2D eigenvalue weighted by Crippen LogP contribution is -2.25. The molecule has 1 amide bonds. The van der Waals surface area contributed by atoms with Crippen LogP contribution >= 0.6 is 0 Å². The molecule has 0 radical (unpaired) electrons. The number of amides is 1. The number of rotatable bonds is 8. The number of hydrogen-bond acceptors (Lipinski definition) is 3. The number of benzene rings is 2. The van der Waals surface area contributed by atoms with Crippen LogP contribution in [0.15, 0.2) is 48.5 Å². The lowest BCUT2D eigenvalue weighted by molar-refractivity contribution is -0.114. The van der Waals surface area contributed by atoms with Gasteiger partial charge in [0.05, 0.1) is 0 Å². The highest BCUT2D eigenvalue weighted by atomic mass is 19.1. The second-order valence-electron chi connectivity index (χ2n) is 5.86. The van der Waals surface area contributed by atoms with Gasteiger partial charge in [-0.1, -0.05) is 24.3 Å². The summed E-state index contributed by atoms with van der Waals surface area (Å²) >= 11 is 0. The Bertz CT molecular complexity index is 641. The molecular formula is C19H24FN3O. The molecule has 0 aliphatic carbocycles. The summed E-state index contributed by atoms with van der Waals surface area (Å²) in [4.78, 5) is 13.3. The van der Waals surface area contributed by atoms with Crippen LogP contribution in [0.2, 0.25) is 0 Å². The lowest BCUT2D eigenvalue weighted by atomic mass is 10.1. The van der Waals surface area contributed by atoms with Crippen LogP contribution in [0, 0.1) is 5.82 Å². The van der Waals surface area contributed by atoms with Crippen molar-refractivity contribution >= 4 is 11.6 Å². The van der Waals surface area contributed by atoms with Crippen molar-refractivity contribution in [2.75, 3.05) is 18.4 Å². The molecule has 0 saturated heterocycles. The van der Waals surface area contributed by atoms with Crippen molar-refractivity contribution in [2.24, 2.45) is 5.73 Å². The van der Waals surface area contributed by atoms with E-state index in [0.717, 1.165) is 42.9 Å². The van der Waals surface area contributed by atoms with Crippen LogP contribution in [0.4, 0.5) is 10.1 Å². The average molecular weight is 329 g/mol. The summed E-state index contributed by atoms with van der Waals surface area (Å²) in [5, 5.41) is 2.76. The molecule has 5 heteroatoms. The highest BCUT2D eigenvalue weighted by Crippen LogP contribution is 2.14. The minimum atomic E-state index is -0.221. The van der Waals surface area contributed by atoms with E-state index in [4.69, 9.17) is 5.73 Å². The molecule has 0 spiro atoms. The number of halogens is 1. The van der Waals surface area contributed by atoms with E-state index in [-0.39, 0.29) is 11.7 Å². The molecule has 0 atom stereocenters. The largest absolute Gasteiger partial charge is 0.330 e. The highest BCUT2D eigenvalue weighted by molar-refractivity contribution is 5.88. The van der Waals surface area contributed by atoms with Gasteiger partial charge in [0.25, 0.3) is 0 Å². The number of hydrogen-bond donors (Lipinski definition) is 2. The Morgan fingerprint density at radius 3 is 2.08 bits per heavy atom. The molecule has 4 nitrogen and oxygen atoms in total. The first-order chi connectivity index (χ1) is 11.6. The van der Waals surface area contributed by atoms with Gasteiger partial charge in [0.2, 0.25) is 5.91 Å². The quantitative estimate of drug-likeness (QED) is 0.782. The molecule has 3 N–H and O–H groups in total. The lowest BCUT2D eigenvalue weighted by Gasteiger charge is -2.22. The van der Waals surface area contributed by atoms with E-state index in [0.29, 0.717) is 6.54 Å². The first-order valence-corrected chi connectivity index (χ1v) is 8.10. The van der Waals surface area contributed by atoms with Crippen molar-refractivity contribution in [3.05, 3.63) is 65.5 Å². The van der Waals surface area contributed by atoms with Crippen molar-refractivity contribution in [3.8, 4) is 0 Å². The number of nitrogens with zero attached hydrogens (tertiary/aromatic N) is 1. The summed E-state index contributed by atoms with van der Waals surface area (Å²) in [7, 11) is 0. The maximum absolute atomic E-state index is 13.0. The zero-order valence-corrected chi connectivity index (χ0v) is 14.0. The molecule has 0 aromatic heterocycles. The van der Waals surface area contributed by atoms with E-state index in [1.807, 2.05) is 36.4 Å². The average Bonchev–Trinajstić information content (AvgIpc) is 2.56. The smallest absolute Gasteiger partial charge is 0.221 e. The van der Waals surface area contributed by atoms with Crippen molar-refractivity contribution in [1.82, 2.24) is 4.90 Å². The van der Waals surface area contributed by atoms with Gasteiger partial charge >= 0.3 is 0 Å². The van der Waals surface area contributed by atoms with Crippen molar-refractivity contribution in [2.45, 2.75) is 26.4 Å². The molecule has 0 aliphatic heterocycles. The molecule has 0 unspecified atom stereocenters. The first kappa shape index (κ1) is 18.1. The maximum Gasteiger partial charge on any atom is 0.221 e. The van der Waals surface area contributed by atoms with Crippen LogP contribution in [0.3, 0.4) is 0 Å². The fourth-order valence-electron chi connectivity index (χ4n) is 2.53. The minimum absolute atomic E-state index is 0.0800. The monoisotopic (exact) mass is 329 g/mol. The SMILES string of the molecule is CC(=O)Nc1ccc(CN(CCCN)Cc2ccc(F)cc2)cc1. The van der Waals surface area contributed by atoms with Crippen molar-refractivity contribution < 1.29 is 9.18 Å². The van der Waals surface area contributed by atoms with Crippen molar-refractivity contribution in [1.29, 1.82) is 0 Å². The van der Waals surface area contributed by atoms with E-state index in [9.17, 15) is 9.18 Å². The van der Waals surface area contributed by atoms with Crippen LogP contribution in [-0.2, 0) is 17.9 Å². The molecule has 24 heavy (non-hydrogen) atoms. The predicted octanol–water partition coefficient (Wildman–Crippen LogP) is 3.14. The first-order valence-electron chi connectivity index (χ1n) is 8.10. The number of nitrogens with two attached hydrogens (primary N) is 1. The van der Waals surface area contributed by atoms with Gasteiger partial charge in [-0.15, -0.1) is 0 Å². The molecule has 2 aromatic carbocycles. The Morgan fingerprint density at radius 1 is 1.04 bits per heavy atom. The number of anilines is 1. The molecular weight excluding hydrogens is 305 g/mol. The van der Waals surface area contributed by atoms with Gasteiger partial charge in [-0.25, -0.2) is 4.39 Å². The Morgan fingerprint density at radius 2 is 1.58 bits per heavy atom. The van der Waals surface area contributed by atoms with Crippen LogP contribution in [0.25, 0.3) is 0 Å². The van der Waals surface area contributed by atoms with E-state index >= 15 is 0 Å². The number of nitrogens with one attached hydrogen (secondary N) is 1. The molecule has 0 aliphatic rings. The van der Waals surface area contributed by atoms with Crippen LogP contribution in [0.1, 0.15) is 24.5 Å². The fraction of sp³-hybridized carbons (Fsp3) is 0.316. The van der Waals surface area contributed by atoms with Gasteiger partial charge in [0, 0.05) is 32.2 Å².